The lowest BCUT2D eigenvalue weighted by molar-refractivity contribution is -0.187. The summed E-state index contributed by atoms with van der Waals surface area (Å²) in [5.74, 6) is -1.22. The number of carboxylic acid groups (broad SMARTS) is 1. The van der Waals surface area contributed by atoms with Crippen LogP contribution in [0.2, 0.25) is 5.02 Å². The number of rotatable bonds is 2. The molecule has 1 N–H and O–H groups in total. The average Bonchev–Trinajstić information content (AvgIpc) is 2.52. The van der Waals surface area contributed by atoms with Crippen molar-refractivity contribution >= 4 is 29.3 Å². The molecule has 25 heavy (non-hydrogen) atoms. The van der Waals surface area contributed by atoms with E-state index in [1.807, 2.05) is 4.90 Å². The van der Waals surface area contributed by atoms with Gasteiger partial charge in [0.15, 0.2) is 0 Å². The molecule has 1 aromatic carbocycles. The molecule has 0 aliphatic carbocycles. The second-order valence-electron chi connectivity index (χ2n) is 6.48. The van der Waals surface area contributed by atoms with Crippen molar-refractivity contribution in [2.45, 2.75) is 32.0 Å². The van der Waals surface area contributed by atoms with Crippen LogP contribution in [0, 0.1) is 5.92 Å². The van der Waals surface area contributed by atoms with Crippen molar-refractivity contribution < 1.29 is 27.8 Å². The Morgan fingerprint density at radius 2 is 2.12 bits per heavy atom. The van der Waals surface area contributed by atoms with E-state index in [1.165, 1.54) is 12.1 Å². The molecule has 0 bridgehead atoms. The average molecular weight is 376 g/mol. The number of alkyl halides is 3. The van der Waals surface area contributed by atoms with Crippen LogP contribution in [0.3, 0.4) is 0 Å². The molecular formula is C17H17ClF3NO3. The number of nitrogens with zero attached hydrogens (tertiary/aromatic N) is 1. The minimum absolute atomic E-state index is 0.00930. The fourth-order valence-corrected chi connectivity index (χ4v) is 3.57. The van der Waals surface area contributed by atoms with Gasteiger partial charge < -0.3 is 14.7 Å². The van der Waals surface area contributed by atoms with E-state index in [2.05, 4.69) is 6.92 Å². The summed E-state index contributed by atoms with van der Waals surface area (Å²) < 4.78 is 44.5. The lowest BCUT2D eigenvalue weighted by atomic mass is 9.98. The smallest absolute Gasteiger partial charge is 0.430 e. The van der Waals surface area contributed by atoms with Gasteiger partial charge in [0.2, 0.25) is 6.10 Å². The first-order chi connectivity index (χ1) is 11.7. The zero-order chi connectivity index (χ0) is 18.4. The summed E-state index contributed by atoms with van der Waals surface area (Å²) in [5.41, 5.74) is -0.00724. The minimum Gasteiger partial charge on any atom is -0.478 e. The Kier molecular flexibility index (Phi) is 4.62. The van der Waals surface area contributed by atoms with Gasteiger partial charge in [-0.2, -0.15) is 13.2 Å². The minimum atomic E-state index is -4.82. The number of fused-ring (bicyclic) bond motifs is 1. The highest BCUT2D eigenvalue weighted by Gasteiger charge is 2.48. The van der Waals surface area contributed by atoms with Crippen LogP contribution in [0.25, 0.3) is 6.08 Å². The lowest BCUT2D eigenvalue weighted by Crippen LogP contribution is -2.40. The monoisotopic (exact) mass is 375 g/mol. The topological polar surface area (TPSA) is 49.8 Å². The van der Waals surface area contributed by atoms with Crippen LogP contribution in [0.4, 0.5) is 18.9 Å². The summed E-state index contributed by atoms with van der Waals surface area (Å²) in [6.45, 7) is 3.63. The Labute approximate surface area is 147 Å². The number of ether oxygens (including phenoxy) is 1. The Hall–Kier alpha value is -1.89. The molecule has 1 fully saturated rings. The molecule has 0 aromatic heterocycles. The molecular weight excluding hydrogens is 359 g/mol. The van der Waals surface area contributed by atoms with Crippen molar-refractivity contribution in [2.75, 3.05) is 18.0 Å². The number of benzene rings is 1. The zero-order valence-corrected chi connectivity index (χ0v) is 14.2. The molecule has 8 heteroatoms. The third-order valence-electron chi connectivity index (χ3n) is 4.46. The van der Waals surface area contributed by atoms with Crippen molar-refractivity contribution in [2.24, 2.45) is 5.92 Å². The van der Waals surface area contributed by atoms with Crippen LogP contribution < -0.4 is 9.64 Å². The third-order valence-corrected chi connectivity index (χ3v) is 4.76. The lowest BCUT2D eigenvalue weighted by Gasteiger charge is -2.34. The number of halogens is 4. The quantitative estimate of drug-likeness (QED) is 0.834. The molecule has 2 aliphatic heterocycles. The number of anilines is 1. The van der Waals surface area contributed by atoms with Crippen LogP contribution in [0.1, 0.15) is 25.3 Å². The van der Waals surface area contributed by atoms with Gasteiger partial charge in [0.25, 0.3) is 0 Å². The number of carbonyl (C=O) groups is 1. The van der Waals surface area contributed by atoms with E-state index in [4.69, 9.17) is 21.4 Å². The number of piperidine rings is 1. The summed E-state index contributed by atoms with van der Waals surface area (Å²) in [5, 5.41) is 9.43. The first kappa shape index (κ1) is 17.9. The largest absolute Gasteiger partial charge is 0.478 e. The molecule has 0 amide bonds. The van der Waals surface area contributed by atoms with E-state index in [1.54, 1.807) is 0 Å². The highest BCUT2D eigenvalue weighted by molar-refractivity contribution is 6.33. The summed E-state index contributed by atoms with van der Waals surface area (Å²) in [6, 6.07) is 2.94. The molecule has 2 heterocycles. The summed E-state index contributed by atoms with van der Waals surface area (Å²) in [6.07, 6.45) is -4.26. The molecule has 0 spiro atoms. The molecule has 0 radical (unpaired) electrons. The van der Waals surface area contributed by atoms with Crippen molar-refractivity contribution in [3.63, 3.8) is 0 Å². The Bertz CT molecular complexity index is 733. The number of hydrogen-bond acceptors (Lipinski definition) is 3. The maximum absolute atomic E-state index is 13.2. The van der Waals surface area contributed by atoms with Crippen molar-refractivity contribution in [3.8, 4) is 5.75 Å². The van der Waals surface area contributed by atoms with E-state index in [9.17, 15) is 18.0 Å². The number of aliphatic carboxylic acids is 1. The predicted molar refractivity (Wildman–Crippen MR) is 88.1 cm³/mol. The van der Waals surface area contributed by atoms with Crippen molar-refractivity contribution in [1.82, 2.24) is 0 Å². The van der Waals surface area contributed by atoms with E-state index < -0.39 is 23.8 Å². The van der Waals surface area contributed by atoms with E-state index >= 15 is 0 Å². The molecule has 1 saturated heterocycles. The molecule has 0 saturated carbocycles. The Morgan fingerprint density at radius 3 is 2.72 bits per heavy atom. The fourth-order valence-electron chi connectivity index (χ4n) is 3.27. The molecule has 3 rings (SSSR count). The second kappa shape index (κ2) is 6.44. The SMILES string of the molecule is CC1CCCN(c2cc3c(cc2Cl)C=C(C(=O)O)C(C(F)(F)F)O3)C1. The van der Waals surface area contributed by atoms with Gasteiger partial charge >= 0.3 is 12.1 Å². The highest BCUT2D eigenvalue weighted by Crippen LogP contribution is 2.42. The van der Waals surface area contributed by atoms with Crippen LogP contribution in [0.15, 0.2) is 17.7 Å². The predicted octanol–water partition coefficient (Wildman–Crippen LogP) is 4.37. The maximum Gasteiger partial charge on any atom is 0.430 e. The normalized spacial score (nSPS) is 23.6. The van der Waals surface area contributed by atoms with Gasteiger partial charge in [0.05, 0.1) is 16.3 Å². The first-order valence-electron chi connectivity index (χ1n) is 7.93. The van der Waals surface area contributed by atoms with Crippen molar-refractivity contribution in [3.05, 3.63) is 28.3 Å². The highest BCUT2D eigenvalue weighted by atomic mass is 35.5. The molecule has 136 valence electrons. The Morgan fingerprint density at radius 1 is 1.40 bits per heavy atom. The molecule has 2 atom stereocenters. The molecule has 2 unspecified atom stereocenters. The van der Waals surface area contributed by atoms with Gasteiger partial charge in [-0.1, -0.05) is 18.5 Å². The van der Waals surface area contributed by atoms with Crippen LogP contribution in [0.5, 0.6) is 5.75 Å². The van der Waals surface area contributed by atoms with Crippen LogP contribution in [-0.2, 0) is 4.79 Å². The van der Waals surface area contributed by atoms with Gasteiger partial charge in [0, 0.05) is 24.7 Å². The summed E-state index contributed by atoms with van der Waals surface area (Å²) in [4.78, 5) is 13.2. The van der Waals surface area contributed by atoms with Gasteiger partial charge in [-0.15, -0.1) is 0 Å². The van der Waals surface area contributed by atoms with Crippen LogP contribution in [-0.4, -0.2) is 36.4 Å². The molecule has 1 aromatic rings. The van der Waals surface area contributed by atoms with Gasteiger partial charge in [-0.05, 0) is 30.9 Å². The zero-order valence-electron chi connectivity index (χ0n) is 13.4. The molecule has 4 nitrogen and oxygen atoms in total. The van der Waals surface area contributed by atoms with Crippen molar-refractivity contribution in [1.29, 1.82) is 0 Å². The van der Waals surface area contributed by atoms with E-state index in [0.717, 1.165) is 32.0 Å². The third kappa shape index (κ3) is 3.56. The summed E-state index contributed by atoms with van der Waals surface area (Å²) >= 11 is 6.30. The maximum atomic E-state index is 13.2. The first-order valence-corrected chi connectivity index (χ1v) is 8.31. The number of carboxylic acids is 1. The van der Waals surface area contributed by atoms with E-state index in [0.29, 0.717) is 16.6 Å². The van der Waals surface area contributed by atoms with Crippen LogP contribution >= 0.6 is 11.6 Å². The Balaban J connectivity index is 2.02. The van der Waals surface area contributed by atoms with Gasteiger partial charge in [-0.25, -0.2) is 4.79 Å². The molecule has 2 aliphatic rings. The summed E-state index contributed by atoms with van der Waals surface area (Å²) in [7, 11) is 0. The van der Waals surface area contributed by atoms with E-state index in [-0.39, 0.29) is 11.3 Å². The van der Waals surface area contributed by atoms with Gasteiger partial charge in [0.1, 0.15) is 5.75 Å². The second-order valence-corrected chi connectivity index (χ2v) is 6.89. The fraction of sp³-hybridized carbons (Fsp3) is 0.471. The standard InChI is InChI=1S/C17H17ClF3NO3/c1-9-3-2-4-22(8-9)13-7-14-10(6-12(13)18)5-11(16(23)24)15(25-14)17(19,20)21/h5-7,9,15H,2-4,8H2,1H3,(H,23,24). The van der Waals surface area contributed by atoms with Gasteiger partial charge in [-0.3, -0.25) is 0 Å². The number of hydrogen-bond donors (Lipinski definition) is 1.